The molecule has 2 aromatic rings. The van der Waals surface area contributed by atoms with Crippen molar-refractivity contribution in [2.75, 3.05) is 0 Å². The first kappa shape index (κ1) is 53.2. The summed E-state index contributed by atoms with van der Waals surface area (Å²) >= 11 is 1.62. The zero-order valence-electron chi connectivity index (χ0n) is 40.7. The molecule has 1 aliphatic heterocycles. The molecule has 0 spiro atoms. The average Bonchev–Trinajstić information content (AvgIpc) is 3.51. The Morgan fingerprint density at radius 1 is 0.356 bits per heavy atom. The predicted octanol–water partition coefficient (Wildman–Crippen LogP) is 18.8. The van der Waals surface area contributed by atoms with Crippen LogP contribution >= 0.6 is 0 Å². The van der Waals surface area contributed by atoms with Gasteiger partial charge < -0.3 is 5.53 Å². The normalized spacial score (nSPS) is 12.9. The van der Waals surface area contributed by atoms with Crippen LogP contribution in [0, 0.1) is 0 Å². The Bertz CT molecular complexity index is 1350. The third-order valence-electron chi connectivity index (χ3n) is 12.6. The molecule has 0 atom stereocenters. The van der Waals surface area contributed by atoms with Crippen molar-refractivity contribution < 1.29 is 19.1 Å². The molecule has 2 nitrogen and oxygen atoms in total. The molecule has 2 aromatic carbocycles. The first-order valence-electron chi connectivity index (χ1n) is 25.3. The van der Waals surface area contributed by atoms with Crippen molar-refractivity contribution in [2.45, 2.75) is 260 Å². The molecular formula is C56H94N2Ni. The number of rotatable bonds is 32. The van der Waals surface area contributed by atoms with Crippen molar-refractivity contribution >= 4 is 11.4 Å². The zero-order valence-corrected chi connectivity index (χ0v) is 41.7. The molecule has 1 heterocycles. The van der Waals surface area contributed by atoms with Crippen molar-refractivity contribution in [1.82, 2.24) is 0 Å². The number of allylic oxidation sites excluding steroid dienone is 2. The van der Waals surface area contributed by atoms with Crippen molar-refractivity contribution in [1.29, 1.82) is 0 Å². The molecule has 0 saturated heterocycles. The van der Waals surface area contributed by atoms with Gasteiger partial charge in [0.2, 0.25) is 11.4 Å². The van der Waals surface area contributed by atoms with E-state index in [-0.39, 0.29) is 0 Å². The molecular weight excluding hydrogens is 759 g/mol. The molecule has 1 aliphatic rings. The first-order chi connectivity index (χ1) is 28.8. The number of benzene rings is 2. The summed E-state index contributed by atoms with van der Waals surface area (Å²) < 4.78 is 1.73. The number of nitrogens with zero attached hydrogens (tertiary/aromatic N) is 2. The van der Waals surface area contributed by atoms with Gasteiger partial charge in [-0.25, -0.2) is 4.70 Å². The minimum absolute atomic E-state index is 1.03. The number of hydrogen-bond donors (Lipinski definition) is 0. The second kappa shape index (κ2) is 32.7. The van der Waals surface area contributed by atoms with Crippen LogP contribution in [-0.2, 0) is 53.0 Å². The summed E-state index contributed by atoms with van der Waals surface area (Å²) in [6, 6.07) is 10.2. The van der Waals surface area contributed by atoms with E-state index in [1.807, 2.05) is 0 Å². The number of aryl methyl sites for hydroxylation is 4. The Morgan fingerprint density at radius 3 is 0.831 bits per heavy atom. The summed E-state index contributed by atoms with van der Waals surface area (Å²) in [6.45, 7) is 18.6. The molecule has 0 N–H and O–H groups in total. The fourth-order valence-corrected chi connectivity index (χ4v) is 9.26. The summed E-state index contributed by atoms with van der Waals surface area (Å²) in [6.07, 6.45) is 36.4. The Kier molecular flexibility index (Phi) is 29.4. The van der Waals surface area contributed by atoms with Crippen LogP contribution < -0.4 is 0 Å². The van der Waals surface area contributed by atoms with Gasteiger partial charge in [-0.15, -0.1) is 0 Å². The molecule has 0 bridgehead atoms. The molecule has 0 aromatic heterocycles. The summed E-state index contributed by atoms with van der Waals surface area (Å²) in [5.41, 5.74) is 30.0. The Hall–Kier alpha value is -1.99. The van der Waals surface area contributed by atoms with Gasteiger partial charge in [0.15, 0.2) is 0 Å². The maximum absolute atomic E-state index is 12.9. The zero-order chi connectivity index (χ0) is 43.3. The van der Waals surface area contributed by atoms with Gasteiger partial charge in [-0.1, -0.05) is 145 Å². The molecule has 3 rings (SSSR count). The SMILES string of the molecule is CCCCCc1cc(C2=C(CCCC)C(CCCC)=C(c3cc(CCCCC)c(CCCCC)c(CCCCC)c3)[N+]2=[N-])cc(CCCCC)c1CCCCC.[CH3][Ni][CH3]. The van der Waals surface area contributed by atoms with E-state index < -0.39 is 0 Å². The van der Waals surface area contributed by atoms with E-state index in [1.54, 1.807) is 52.5 Å². The summed E-state index contributed by atoms with van der Waals surface area (Å²) in [4.78, 5) is 0. The molecule has 59 heavy (non-hydrogen) atoms. The van der Waals surface area contributed by atoms with Gasteiger partial charge >= 0.3 is 26.2 Å². The third kappa shape index (κ3) is 17.7. The second-order valence-electron chi connectivity index (χ2n) is 17.8. The summed E-state index contributed by atoms with van der Waals surface area (Å²) in [5.74, 6) is 4.12. The Labute approximate surface area is 374 Å². The van der Waals surface area contributed by atoms with Gasteiger partial charge in [-0.05, 0) is 160 Å². The van der Waals surface area contributed by atoms with Crippen LogP contribution in [-0.4, -0.2) is 4.70 Å². The van der Waals surface area contributed by atoms with Gasteiger partial charge in [0.25, 0.3) is 0 Å². The molecule has 0 radical (unpaired) electrons. The molecule has 0 amide bonds. The van der Waals surface area contributed by atoms with Gasteiger partial charge in [-0.2, -0.15) is 0 Å². The van der Waals surface area contributed by atoms with Gasteiger partial charge in [0, 0.05) is 22.3 Å². The van der Waals surface area contributed by atoms with Crippen LogP contribution in [0.15, 0.2) is 35.4 Å². The van der Waals surface area contributed by atoms with Crippen molar-refractivity contribution in [3.05, 3.63) is 85.5 Å². The van der Waals surface area contributed by atoms with Crippen LogP contribution in [0.1, 0.15) is 254 Å². The minimum atomic E-state index is 1.03. The molecule has 0 aliphatic carbocycles. The molecule has 338 valence electrons. The van der Waals surface area contributed by atoms with Crippen LogP contribution in [0.2, 0.25) is 11.8 Å². The van der Waals surface area contributed by atoms with Gasteiger partial charge in [0.05, 0.1) is 0 Å². The standard InChI is InChI=1S/C54H88N2.2CH3.Ni/c1-9-17-25-31-43-39-47(40-44(32-26-18-10-2)49(43)37-29-21-13-5)53-51(35-23-15-7)52(36-24-16-8)54(56(53)55)48-41-45(33-27-19-11-3)50(38-30-22-14-6)46(42-48)34-28-20-12-4;;;/h39-42H,9-38H2,1-8H3;2*1H3;. The van der Waals surface area contributed by atoms with E-state index in [2.05, 4.69) is 91.4 Å². The van der Waals surface area contributed by atoms with E-state index >= 15 is 0 Å². The molecule has 0 saturated carbocycles. The Balaban J connectivity index is 0.00000387. The topological polar surface area (TPSA) is 25.3 Å². The Morgan fingerprint density at radius 2 is 0.593 bits per heavy atom. The molecule has 0 fully saturated rings. The van der Waals surface area contributed by atoms with E-state index in [0.717, 1.165) is 75.6 Å². The van der Waals surface area contributed by atoms with Crippen LogP contribution in [0.3, 0.4) is 0 Å². The molecule has 0 unspecified atom stereocenters. The number of unbranched alkanes of at least 4 members (excludes halogenated alkanes) is 14. The number of hydrogen-bond acceptors (Lipinski definition) is 0. The fraction of sp³-hybridized carbons (Fsp3) is 0.714. The molecule has 3 heteroatoms. The second-order valence-corrected chi connectivity index (χ2v) is 18.8. The van der Waals surface area contributed by atoms with E-state index in [9.17, 15) is 5.53 Å². The van der Waals surface area contributed by atoms with E-state index in [0.29, 0.717) is 0 Å². The predicted molar refractivity (Wildman–Crippen MR) is 260 cm³/mol. The van der Waals surface area contributed by atoms with Crippen molar-refractivity contribution in [3.63, 3.8) is 0 Å². The monoisotopic (exact) mass is 853 g/mol. The average molecular weight is 854 g/mol. The van der Waals surface area contributed by atoms with Gasteiger partial charge in [0.1, 0.15) is 0 Å². The van der Waals surface area contributed by atoms with Crippen molar-refractivity contribution in [2.24, 2.45) is 0 Å². The fourth-order valence-electron chi connectivity index (χ4n) is 9.26. The van der Waals surface area contributed by atoms with Crippen LogP contribution in [0.4, 0.5) is 0 Å². The van der Waals surface area contributed by atoms with Gasteiger partial charge in [-0.3, -0.25) is 0 Å². The van der Waals surface area contributed by atoms with Crippen molar-refractivity contribution in [3.8, 4) is 0 Å². The third-order valence-corrected chi connectivity index (χ3v) is 12.6. The van der Waals surface area contributed by atoms with Crippen LogP contribution in [0.5, 0.6) is 0 Å². The summed E-state index contributed by atoms with van der Waals surface area (Å²) in [7, 11) is 0. The van der Waals surface area contributed by atoms with E-state index in [1.165, 1.54) is 151 Å². The first-order valence-corrected chi connectivity index (χ1v) is 27.3. The van der Waals surface area contributed by atoms with Crippen LogP contribution in [0.25, 0.3) is 16.9 Å². The van der Waals surface area contributed by atoms with E-state index in [4.69, 9.17) is 0 Å². The quantitative estimate of drug-likeness (QED) is 0.0398. The maximum atomic E-state index is 12.9. The summed E-state index contributed by atoms with van der Waals surface area (Å²) in [5, 5.41) is 0.